The largest absolute Gasteiger partial charge is 0.462 e. The van der Waals surface area contributed by atoms with Gasteiger partial charge in [-0.2, -0.15) is 5.06 Å². The molecule has 2 rings (SSSR count). The average Bonchev–Trinajstić information content (AvgIpc) is 2.78. The van der Waals surface area contributed by atoms with Crippen molar-refractivity contribution in [3.63, 3.8) is 0 Å². The monoisotopic (exact) mass is 445 g/mol. The summed E-state index contributed by atoms with van der Waals surface area (Å²) in [6.07, 6.45) is 11.1. The van der Waals surface area contributed by atoms with Crippen LogP contribution in [-0.4, -0.2) is 28.2 Å². The number of unbranched alkanes of at least 4 members (excludes halogenated alkanes) is 5. The summed E-state index contributed by atoms with van der Waals surface area (Å²) in [5, 5.41) is 2.25. The Morgan fingerprint density at radius 1 is 1.00 bits per heavy atom. The number of ether oxygens (including phenoxy) is 1. The van der Waals surface area contributed by atoms with Crippen LogP contribution in [0, 0.1) is 0 Å². The summed E-state index contributed by atoms with van der Waals surface area (Å²) in [6, 6.07) is 10.4. The number of benzene rings is 1. The number of carbonyl (C=O) groups is 1. The molecule has 0 amide bonds. The molecule has 1 fully saturated rings. The van der Waals surface area contributed by atoms with E-state index in [2.05, 4.69) is 70.9 Å². The van der Waals surface area contributed by atoms with Gasteiger partial charge < -0.3 is 4.74 Å². The molecule has 0 saturated carbocycles. The smallest absolute Gasteiger partial charge is 0.306 e. The maximum absolute atomic E-state index is 12.6. The number of piperidine rings is 1. The van der Waals surface area contributed by atoms with Gasteiger partial charge >= 0.3 is 5.97 Å². The maximum atomic E-state index is 12.6. The Labute approximate surface area is 197 Å². The Hall–Kier alpha value is -1.39. The average molecular weight is 446 g/mol. The van der Waals surface area contributed by atoms with E-state index in [1.165, 1.54) is 31.2 Å². The summed E-state index contributed by atoms with van der Waals surface area (Å²) in [4.78, 5) is 19.2. The van der Waals surface area contributed by atoms with Crippen molar-refractivity contribution in [3.05, 3.63) is 35.9 Å². The number of hydrogen-bond donors (Lipinski definition) is 0. The fourth-order valence-electron chi connectivity index (χ4n) is 5.26. The van der Waals surface area contributed by atoms with Gasteiger partial charge in [-0.05, 0) is 45.6 Å². The predicted molar refractivity (Wildman–Crippen MR) is 132 cm³/mol. The zero-order valence-corrected chi connectivity index (χ0v) is 21.5. The molecule has 1 aliphatic heterocycles. The molecule has 1 aliphatic rings. The van der Waals surface area contributed by atoms with Crippen LogP contribution in [0.2, 0.25) is 0 Å². The summed E-state index contributed by atoms with van der Waals surface area (Å²) in [6.45, 7) is 13.2. The standard InChI is InChI=1S/C28H47NO3/c1-7-10-11-12-13-17-20-26(30)31-25-21-27(5,6)29(28(8-2,9-3)22-25)32-23(4)24-18-15-14-16-19-24/h14-16,18-19,23,25H,7-13,17,20-22H2,1-6H3. The molecule has 182 valence electrons. The topological polar surface area (TPSA) is 38.8 Å². The van der Waals surface area contributed by atoms with E-state index in [1.54, 1.807) is 0 Å². The second-order valence-electron chi connectivity index (χ2n) is 10.2. The van der Waals surface area contributed by atoms with Gasteiger partial charge in [-0.25, -0.2) is 0 Å². The van der Waals surface area contributed by atoms with Gasteiger partial charge in [0.15, 0.2) is 0 Å². The van der Waals surface area contributed by atoms with Crippen LogP contribution >= 0.6 is 0 Å². The lowest BCUT2D eigenvalue weighted by Gasteiger charge is -2.56. The van der Waals surface area contributed by atoms with Crippen molar-refractivity contribution in [2.75, 3.05) is 0 Å². The quantitative estimate of drug-likeness (QED) is 0.229. The molecule has 4 nitrogen and oxygen atoms in total. The van der Waals surface area contributed by atoms with E-state index < -0.39 is 0 Å². The lowest BCUT2D eigenvalue weighted by atomic mass is 9.75. The number of rotatable bonds is 13. The van der Waals surface area contributed by atoms with Crippen molar-refractivity contribution < 1.29 is 14.4 Å². The molecule has 4 heteroatoms. The molecule has 32 heavy (non-hydrogen) atoms. The Kier molecular flexibility index (Phi) is 10.7. The van der Waals surface area contributed by atoms with E-state index in [1.807, 2.05) is 6.07 Å². The first-order valence-corrected chi connectivity index (χ1v) is 13.0. The van der Waals surface area contributed by atoms with Crippen LogP contribution in [0.5, 0.6) is 0 Å². The van der Waals surface area contributed by atoms with Gasteiger partial charge in [0.25, 0.3) is 0 Å². The maximum Gasteiger partial charge on any atom is 0.306 e. The molecule has 2 unspecified atom stereocenters. The molecular weight excluding hydrogens is 398 g/mol. The summed E-state index contributed by atoms with van der Waals surface area (Å²) in [5.41, 5.74) is 0.811. The molecule has 1 aromatic rings. The summed E-state index contributed by atoms with van der Waals surface area (Å²) < 4.78 is 6.03. The van der Waals surface area contributed by atoms with Crippen LogP contribution in [0.25, 0.3) is 0 Å². The fourth-order valence-corrected chi connectivity index (χ4v) is 5.26. The fraction of sp³-hybridized carbons (Fsp3) is 0.750. The van der Waals surface area contributed by atoms with Crippen molar-refractivity contribution in [1.29, 1.82) is 0 Å². The minimum absolute atomic E-state index is 0.0280. The van der Waals surface area contributed by atoms with Crippen molar-refractivity contribution in [2.45, 2.75) is 135 Å². The van der Waals surface area contributed by atoms with Gasteiger partial charge in [0.2, 0.25) is 0 Å². The highest BCUT2D eigenvalue weighted by molar-refractivity contribution is 5.69. The van der Waals surface area contributed by atoms with Crippen molar-refractivity contribution in [3.8, 4) is 0 Å². The number of nitrogens with zero attached hydrogens (tertiary/aromatic N) is 1. The molecule has 0 radical (unpaired) electrons. The van der Waals surface area contributed by atoms with Crippen LogP contribution in [-0.2, 0) is 14.4 Å². The first kappa shape index (κ1) is 26.9. The van der Waals surface area contributed by atoms with Crippen LogP contribution in [0.3, 0.4) is 0 Å². The zero-order valence-electron chi connectivity index (χ0n) is 21.5. The van der Waals surface area contributed by atoms with Crippen LogP contribution in [0.4, 0.5) is 0 Å². The van der Waals surface area contributed by atoms with Gasteiger partial charge in [0.1, 0.15) is 12.2 Å². The number of hydroxylamine groups is 2. The third-order valence-electron chi connectivity index (χ3n) is 7.20. The number of carbonyl (C=O) groups excluding carboxylic acids is 1. The molecule has 0 aliphatic carbocycles. The van der Waals surface area contributed by atoms with Gasteiger partial charge in [-0.3, -0.25) is 9.63 Å². The van der Waals surface area contributed by atoms with Crippen LogP contribution in [0.15, 0.2) is 30.3 Å². The van der Waals surface area contributed by atoms with Crippen molar-refractivity contribution in [2.24, 2.45) is 0 Å². The first-order valence-electron chi connectivity index (χ1n) is 13.0. The van der Waals surface area contributed by atoms with Crippen molar-refractivity contribution in [1.82, 2.24) is 5.06 Å². The van der Waals surface area contributed by atoms with E-state index >= 15 is 0 Å². The Balaban J connectivity index is 2.01. The van der Waals surface area contributed by atoms with E-state index in [0.717, 1.165) is 38.5 Å². The first-order chi connectivity index (χ1) is 15.3. The SMILES string of the molecule is CCCCCCCCC(=O)OC1CC(C)(C)N(OC(C)c2ccccc2)C(CC)(CC)C1. The molecule has 0 N–H and O–H groups in total. The summed E-state index contributed by atoms with van der Waals surface area (Å²) in [5.74, 6) is -0.0329. The highest BCUT2D eigenvalue weighted by Gasteiger charge is 2.51. The predicted octanol–water partition coefficient (Wildman–Crippen LogP) is 7.77. The Morgan fingerprint density at radius 3 is 2.25 bits per heavy atom. The molecule has 2 atom stereocenters. The number of hydrogen-bond acceptors (Lipinski definition) is 4. The highest BCUT2D eigenvalue weighted by atomic mass is 16.7. The van der Waals surface area contributed by atoms with Gasteiger partial charge in [-0.15, -0.1) is 0 Å². The van der Waals surface area contributed by atoms with E-state index in [4.69, 9.17) is 9.57 Å². The third-order valence-corrected chi connectivity index (χ3v) is 7.20. The molecular formula is C28H47NO3. The van der Waals surface area contributed by atoms with E-state index in [-0.39, 0.29) is 29.3 Å². The number of esters is 1. The van der Waals surface area contributed by atoms with Gasteiger partial charge in [-0.1, -0.05) is 83.2 Å². The molecule has 1 aromatic carbocycles. The molecule has 0 aromatic heterocycles. The Morgan fingerprint density at radius 2 is 1.62 bits per heavy atom. The van der Waals surface area contributed by atoms with E-state index in [0.29, 0.717) is 6.42 Å². The minimum Gasteiger partial charge on any atom is -0.462 e. The van der Waals surface area contributed by atoms with Gasteiger partial charge in [0.05, 0.1) is 0 Å². The van der Waals surface area contributed by atoms with E-state index in [9.17, 15) is 4.79 Å². The molecule has 1 heterocycles. The van der Waals surface area contributed by atoms with Gasteiger partial charge in [0, 0.05) is 30.3 Å². The second kappa shape index (κ2) is 12.7. The minimum atomic E-state index is -0.224. The van der Waals surface area contributed by atoms with Crippen LogP contribution in [0.1, 0.15) is 124 Å². The molecule has 0 bridgehead atoms. The summed E-state index contributed by atoms with van der Waals surface area (Å²) in [7, 11) is 0. The third kappa shape index (κ3) is 7.31. The molecule has 1 saturated heterocycles. The second-order valence-corrected chi connectivity index (χ2v) is 10.2. The molecule has 0 spiro atoms. The van der Waals surface area contributed by atoms with Crippen LogP contribution < -0.4 is 0 Å². The Bertz CT molecular complexity index is 669. The highest BCUT2D eigenvalue weighted by Crippen LogP contribution is 2.45. The van der Waals surface area contributed by atoms with Crippen molar-refractivity contribution >= 4 is 5.97 Å². The normalized spacial score (nSPS) is 21.2. The lowest BCUT2D eigenvalue weighted by Crippen LogP contribution is -2.64. The lowest BCUT2D eigenvalue weighted by molar-refractivity contribution is -0.323. The summed E-state index contributed by atoms with van der Waals surface area (Å²) >= 11 is 0. The zero-order chi connectivity index (χ0) is 23.6.